The van der Waals surface area contributed by atoms with Crippen LogP contribution in [0.2, 0.25) is 0 Å². The summed E-state index contributed by atoms with van der Waals surface area (Å²) in [7, 11) is -9.90. The summed E-state index contributed by atoms with van der Waals surface area (Å²) >= 11 is 0. The van der Waals surface area contributed by atoms with Crippen molar-refractivity contribution < 1.29 is 80.2 Å². The van der Waals surface area contributed by atoms with Gasteiger partial charge in [-0.3, -0.25) is 37.3 Å². The first kappa shape index (κ1) is 90.1. The maximum Gasteiger partial charge on any atom is 0.472 e. The van der Waals surface area contributed by atoms with Gasteiger partial charge < -0.3 is 33.8 Å². The maximum atomic E-state index is 13.0. The number of carbonyl (C=O) groups excluding carboxylic acids is 4. The van der Waals surface area contributed by atoms with Crippen molar-refractivity contribution in [3.05, 3.63) is 0 Å². The molecule has 0 rings (SSSR count). The third-order valence-electron chi connectivity index (χ3n) is 16.9. The van der Waals surface area contributed by atoms with Gasteiger partial charge >= 0.3 is 39.5 Å². The molecule has 546 valence electrons. The van der Waals surface area contributed by atoms with Crippen molar-refractivity contribution in [2.45, 2.75) is 388 Å². The third-order valence-corrected chi connectivity index (χ3v) is 18.8. The number of carbonyl (C=O) groups is 4. The number of phosphoric acid groups is 2. The summed E-state index contributed by atoms with van der Waals surface area (Å²) in [5.41, 5.74) is 0. The molecule has 0 aromatic carbocycles. The van der Waals surface area contributed by atoms with Gasteiger partial charge in [-0.2, -0.15) is 0 Å². The van der Waals surface area contributed by atoms with E-state index in [1.807, 2.05) is 0 Å². The van der Waals surface area contributed by atoms with E-state index in [4.69, 9.17) is 37.0 Å². The zero-order chi connectivity index (χ0) is 68.0. The third kappa shape index (κ3) is 66.7. The molecule has 17 nitrogen and oxygen atoms in total. The molecule has 2 unspecified atom stereocenters. The minimum atomic E-state index is -4.95. The Bertz CT molecular complexity index is 1800. The summed E-state index contributed by atoms with van der Waals surface area (Å²) in [6.45, 7) is 11.8. The Hall–Kier alpha value is -1.94. The average molecular weight is 1350 g/mol. The van der Waals surface area contributed by atoms with Crippen molar-refractivity contribution in [2.75, 3.05) is 39.6 Å². The molecule has 0 radical (unpaired) electrons. The largest absolute Gasteiger partial charge is 0.472 e. The van der Waals surface area contributed by atoms with E-state index in [9.17, 15) is 43.2 Å². The monoisotopic (exact) mass is 1350 g/mol. The summed E-state index contributed by atoms with van der Waals surface area (Å²) < 4.78 is 68.2. The molecular weight excluding hydrogens is 1210 g/mol. The molecule has 5 atom stereocenters. The minimum Gasteiger partial charge on any atom is -0.462 e. The van der Waals surface area contributed by atoms with Gasteiger partial charge in [-0.15, -0.1) is 0 Å². The zero-order valence-corrected chi connectivity index (χ0v) is 61.8. The smallest absolute Gasteiger partial charge is 0.462 e. The van der Waals surface area contributed by atoms with Crippen molar-refractivity contribution in [3.8, 4) is 0 Å². The molecule has 19 heteroatoms. The highest BCUT2D eigenvalue weighted by molar-refractivity contribution is 7.47. The van der Waals surface area contributed by atoms with Gasteiger partial charge in [-0.25, -0.2) is 9.13 Å². The van der Waals surface area contributed by atoms with Crippen molar-refractivity contribution in [2.24, 2.45) is 17.8 Å². The molecule has 0 saturated carbocycles. The van der Waals surface area contributed by atoms with Crippen molar-refractivity contribution in [1.29, 1.82) is 0 Å². The van der Waals surface area contributed by atoms with Crippen LogP contribution in [0.25, 0.3) is 0 Å². The van der Waals surface area contributed by atoms with Crippen molar-refractivity contribution in [3.63, 3.8) is 0 Å². The molecule has 0 spiro atoms. The number of ether oxygens (including phenoxy) is 4. The average Bonchev–Trinajstić information content (AvgIpc) is 3.64. The minimum absolute atomic E-state index is 0.106. The Morgan fingerprint density at radius 2 is 0.500 bits per heavy atom. The van der Waals surface area contributed by atoms with E-state index in [-0.39, 0.29) is 25.7 Å². The molecular formula is C73H142O17P2. The van der Waals surface area contributed by atoms with Crippen LogP contribution in [0, 0.1) is 17.8 Å². The molecule has 0 aliphatic rings. The SMILES string of the molecule is CCCCCCCC(=O)OC[C@H](COP(=O)(O)OC[C@H](O)COP(=O)(O)OC[C@@H](COC(=O)CCCCCCCCCCCCCCC(C)C)OC(=O)CCCCCCCCCCCCCCCCC(C)C)OC(=O)CCCCCCCCCCCCCCC(C)C. The summed E-state index contributed by atoms with van der Waals surface area (Å²) in [5, 5.41) is 10.6. The van der Waals surface area contributed by atoms with E-state index in [0.29, 0.717) is 25.7 Å². The predicted octanol–water partition coefficient (Wildman–Crippen LogP) is 21.0. The Balaban J connectivity index is 5.15. The fraction of sp³-hybridized carbons (Fsp3) is 0.945. The number of aliphatic hydroxyl groups is 1. The van der Waals surface area contributed by atoms with Crippen LogP contribution in [0.5, 0.6) is 0 Å². The first-order chi connectivity index (χ1) is 44.2. The second-order valence-electron chi connectivity index (χ2n) is 27.8. The number of phosphoric ester groups is 2. The Morgan fingerprint density at radius 3 is 0.739 bits per heavy atom. The van der Waals surface area contributed by atoms with Gasteiger partial charge in [0.2, 0.25) is 0 Å². The van der Waals surface area contributed by atoms with Crippen LogP contribution in [-0.4, -0.2) is 96.7 Å². The van der Waals surface area contributed by atoms with E-state index in [0.717, 1.165) is 114 Å². The summed E-state index contributed by atoms with van der Waals surface area (Å²) in [6, 6.07) is 0. The fourth-order valence-electron chi connectivity index (χ4n) is 11.1. The van der Waals surface area contributed by atoms with Gasteiger partial charge in [-0.05, 0) is 43.4 Å². The lowest BCUT2D eigenvalue weighted by atomic mass is 10.0. The first-order valence-corrected chi connectivity index (χ1v) is 40.8. The van der Waals surface area contributed by atoms with Crippen LogP contribution in [0.1, 0.15) is 370 Å². The molecule has 3 N–H and O–H groups in total. The fourth-order valence-corrected chi connectivity index (χ4v) is 12.7. The molecule has 0 aliphatic carbocycles. The van der Waals surface area contributed by atoms with E-state index in [2.05, 4.69) is 48.5 Å². The normalized spacial score (nSPS) is 14.1. The molecule has 0 aliphatic heterocycles. The molecule has 0 saturated heterocycles. The first-order valence-electron chi connectivity index (χ1n) is 37.8. The van der Waals surface area contributed by atoms with Crippen LogP contribution in [-0.2, 0) is 65.4 Å². The molecule has 0 bridgehead atoms. The molecule has 0 aromatic rings. The number of hydrogen-bond acceptors (Lipinski definition) is 15. The lowest BCUT2D eigenvalue weighted by molar-refractivity contribution is -0.161. The van der Waals surface area contributed by atoms with Gasteiger partial charge in [0.05, 0.1) is 26.4 Å². The number of esters is 4. The van der Waals surface area contributed by atoms with Crippen molar-refractivity contribution >= 4 is 39.5 Å². The van der Waals surface area contributed by atoms with Crippen LogP contribution >= 0.6 is 15.6 Å². The number of rotatable bonds is 71. The number of aliphatic hydroxyl groups excluding tert-OH is 1. The molecule has 92 heavy (non-hydrogen) atoms. The molecule has 0 fully saturated rings. The highest BCUT2D eigenvalue weighted by atomic mass is 31.2. The Labute approximate surface area is 562 Å². The van der Waals surface area contributed by atoms with E-state index >= 15 is 0 Å². The van der Waals surface area contributed by atoms with Crippen LogP contribution < -0.4 is 0 Å². The van der Waals surface area contributed by atoms with Gasteiger partial charge in [0, 0.05) is 25.7 Å². The Morgan fingerprint density at radius 1 is 0.293 bits per heavy atom. The van der Waals surface area contributed by atoms with Crippen LogP contribution in [0.3, 0.4) is 0 Å². The predicted molar refractivity (Wildman–Crippen MR) is 372 cm³/mol. The quantitative estimate of drug-likeness (QED) is 0.0222. The second kappa shape index (κ2) is 63.8. The second-order valence-corrected chi connectivity index (χ2v) is 30.7. The molecule has 0 aromatic heterocycles. The number of hydrogen-bond donors (Lipinski definition) is 3. The van der Waals surface area contributed by atoms with Crippen molar-refractivity contribution in [1.82, 2.24) is 0 Å². The maximum absolute atomic E-state index is 13.0. The number of unbranched alkanes of at least 4 members (excludes halogenated alkanes) is 39. The van der Waals surface area contributed by atoms with Gasteiger partial charge in [0.15, 0.2) is 12.2 Å². The van der Waals surface area contributed by atoms with Gasteiger partial charge in [0.25, 0.3) is 0 Å². The highest BCUT2D eigenvalue weighted by Crippen LogP contribution is 2.45. The lowest BCUT2D eigenvalue weighted by Crippen LogP contribution is -2.30. The van der Waals surface area contributed by atoms with Gasteiger partial charge in [0.1, 0.15) is 19.3 Å². The van der Waals surface area contributed by atoms with Crippen LogP contribution in [0.4, 0.5) is 0 Å². The van der Waals surface area contributed by atoms with E-state index in [1.54, 1.807) is 0 Å². The summed E-state index contributed by atoms with van der Waals surface area (Å²) in [4.78, 5) is 72.4. The van der Waals surface area contributed by atoms with E-state index in [1.165, 1.54) is 173 Å². The zero-order valence-electron chi connectivity index (χ0n) is 60.0. The topological polar surface area (TPSA) is 237 Å². The Kier molecular flexibility index (Phi) is 62.4. The van der Waals surface area contributed by atoms with Gasteiger partial charge in [-0.1, -0.05) is 318 Å². The standard InChI is InChI=1S/C73H142O17P2/c1-8-9-10-37-47-54-70(75)83-60-68(89-72(77)56-50-43-36-30-24-18-16-21-27-33-40-46-53-66(6)7)62-87-91(79,80)85-58-67(74)59-86-92(81,82)88-63-69(61-84-71(76)55-48-41-34-28-22-17-15-20-26-32-39-45-52-65(4)5)90-73(78)57-49-42-35-29-23-14-12-11-13-19-25-31-38-44-51-64(2)3/h64-69,74H,8-63H2,1-7H3,(H,79,80)(H,81,82)/t67-,68+,69+/m0/s1. The molecule has 0 amide bonds. The molecule has 0 heterocycles. The highest BCUT2D eigenvalue weighted by Gasteiger charge is 2.30. The summed E-state index contributed by atoms with van der Waals surface area (Å²) in [5.74, 6) is 0.222. The lowest BCUT2D eigenvalue weighted by Gasteiger charge is -2.21. The summed E-state index contributed by atoms with van der Waals surface area (Å²) in [6.07, 6.45) is 48.9. The van der Waals surface area contributed by atoms with Crippen LogP contribution in [0.15, 0.2) is 0 Å². The van der Waals surface area contributed by atoms with E-state index < -0.39 is 97.5 Å².